The zero-order valence-corrected chi connectivity index (χ0v) is 10.7. The SMILES string of the molecule is C=CCCNC(=O)c1ccc(OC)c(Br)c1. The van der Waals surface area contributed by atoms with E-state index in [-0.39, 0.29) is 5.91 Å². The summed E-state index contributed by atoms with van der Waals surface area (Å²) in [6.45, 7) is 4.19. The van der Waals surface area contributed by atoms with Gasteiger partial charge in [-0.3, -0.25) is 4.79 Å². The van der Waals surface area contributed by atoms with Crippen molar-refractivity contribution in [1.82, 2.24) is 5.32 Å². The lowest BCUT2D eigenvalue weighted by Gasteiger charge is -2.06. The second kappa shape index (κ2) is 6.33. The molecule has 1 amide bonds. The topological polar surface area (TPSA) is 38.3 Å². The van der Waals surface area contributed by atoms with Gasteiger partial charge in [0.05, 0.1) is 11.6 Å². The van der Waals surface area contributed by atoms with Crippen molar-refractivity contribution in [2.24, 2.45) is 0 Å². The molecular formula is C12H14BrNO2. The molecule has 1 aromatic rings. The lowest BCUT2D eigenvalue weighted by atomic mass is 10.2. The summed E-state index contributed by atoms with van der Waals surface area (Å²) >= 11 is 3.34. The molecular weight excluding hydrogens is 270 g/mol. The molecule has 0 unspecified atom stereocenters. The minimum absolute atomic E-state index is 0.0924. The summed E-state index contributed by atoms with van der Waals surface area (Å²) in [6.07, 6.45) is 2.54. The van der Waals surface area contributed by atoms with Crippen LogP contribution in [0.4, 0.5) is 0 Å². The third kappa shape index (κ3) is 3.38. The van der Waals surface area contributed by atoms with Gasteiger partial charge in [-0.1, -0.05) is 6.08 Å². The fourth-order valence-electron chi connectivity index (χ4n) is 1.20. The standard InChI is InChI=1S/C12H14BrNO2/c1-3-4-7-14-12(15)9-5-6-11(16-2)10(13)8-9/h3,5-6,8H,1,4,7H2,2H3,(H,14,15). The first-order valence-corrected chi connectivity index (χ1v) is 5.71. The molecule has 0 spiro atoms. The Bertz CT molecular complexity index is 391. The molecule has 86 valence electrons. The van der Waals surface area contributed by atoms with E-state index in [1.807, 2.05) is 0 Å². The fraction of sp³-hybridized carbons (Fsp3) is 0.250. The molecule has 0 heterocycles. The van der Waals surface area contributed by atoms with Crippen molar-refractivity contribution >= 4 is 21.8 Å². The molecule has 0 aromatic heterocycles. The maximum atomic E-state index is 11.7. The molecule has 16 heavy (non-hydrogen) atoms. The summed E-state index contributed by atoms with van der Waals surface area (Å²) in [4.78, 5) is 11.7. The Morgan fingerprint density at radius 1 is 1.62 bits per heavy atom. The number of hydrogen-bond donors (Lipinski definition) is 1. The molecule has 0 bridgehead atoms. The Labute approximate surface area is 104 Å². The maximum Gasteiger partial charge on any atom is 0.251 e. The molecule has 4 heteroatoms. The number of hydrogen-bond acceptors (Lipinski definition) is 2. The van der Waals surface area contributed by atoms with Crippen LogP contribution in [0, 0.1) is 0 Å². The number of benzene rings is 1. The van der Waals surface area contributed by atoms with Gasteiger partial charge in [-0.15, -0.1) is 6.58 Å². The van der Waals surface area contributed by atoms with E-state index in [1.165, 1.54) is 0 Å². The predicted octanol–water partition coefficient (Wildman–Crippen LogP) is 2.76. The van der Waals surface area contributed by atoms with Crippen molar-refractivity contribution in [1.29, 1.82) is 0 Å². The minimum atomic E-state index is -0.0924. The molecule has 0 saturated carbocycles. The van der Waals surface area contributed by atoms with Crippen LogP contribution >= 0.6 is 15.9 Å². The molecule has 1 N–H and O–H groups in total. The van der Waals surface area contributed by atoms with Crippen LogP contribution in [-0.2, 0) is 0 Å². The van der Waals surface area contributed by atoms with Crippen LogP contribution in [0.2, 0.25) is 0 Å². The van der Waals surface area contributed by atoms with Crippen LogP contribution in [0.5, 0.6) is 5.75 Å². The Hall–Kier alpha value is -1.29. The fourth-order valence-corrected chi connectivity index (χ4v) is 1.74. The molecule has 0 aliphatic heterocycles. The van der Waals surface area contributed by atoms with Gasteiger partial charge in [-0.25, -0.2) is 0 Å². The average molecular weight is 284 g/mol. The van der Waals surface area contributed by atoms with Crippen LogP contribution in [0.3, 0.4) is 0 Å². The predicted molar refractivity (Wildman–Crippen MR) is 67.8 cm³/mol. The number of halogens is 1. The normalized spacial score (nSPS) is 9.62. The Kier molecular flexibility index (Phi) is 5.05. The molecule has 0 aliphatic rings. The van der Waals surface area contributed by atoms with Gasteiger partial charge in [0.2, 0.25) is 0 Å². The van der Waals surface area contributed by atoms with E-state index in [9.17, 15) is 4.79 Å². The van der Waals surface area contributed by atoms with Crippen molar-refractivity contribution in [3.63, 3.8) is 0 Å². The highest BCUT2D eigenvalue weighted by molar-refractivity contribution is 9.10. The first-order valence-electron chi connectivity index (χ1n) is 4.91. The van der Waals surface area contributed by atoms with E-state index < -0.39 is 0 Å². The molecule has 0 atom stereocenters. The van der Waals surface area contributed by atoms with Gasteiger partial charge in [-0.05, 0) is 40.5 Å². The molecule has 1 rings (SSSR count). The lowest BCUT2D eigenvalue weighted by Crippen LogP contribution is -2.24. The van der Waals surface area contributed by atoms with Gasteiger partial charge in [0.1, 0.15) is 5.75 Å². The van der Waals surface area contributed by atoms with Crippen LogP contribution in [0.15, 0.2) is 35.3 Å². The number of rotatable bonds is 5. The molecule has 0 fully saturated rings. The van der Waals surface area contributed by atoms with E-state index in [0.717, 1.165) is 10.9 Å². The maximum absolute atomic E-state index is 11.7. The van der Waals surface area contributed by atoms with E-state index in [4.69, 9.17) is 4.74 Å². The minimum Gasteiger partial charge on any atom is -0.496 e. The third-order valence-electron chi connectivity index (χ3n) is 2.05. The van der Waals surface area contributed by atoms with E-state index in [1.54, 1.807) is 31.4 Å². The highest BCUT2D eigenvalue weighted by Gasteiger charge is 2.07. The van der Waals surface area contributed by atoms with Crippen LogP contribution < -0.4 is 10.1 Å². The monoisotopic (exact) mass is 283 g/mol. The van der Waals surface area contributed by atoms with Crippen molar-refractivity contribution in [3.8, 4) is 5.75 Å². The van der Waals surface area contributed by atoms with Crippen LogP contribution in [-0.4, -0.2) is 19.6 Å². The molecule has 0 radical (unpaired) electrons. The van der Waals surface area contributed by atoms with Crippen molar-refractivity contribution in [2.75, 3.05) is 13.7 Å². The van der Waals surface area contributed by atoms with E-state index >= 15 is 0 Å². The number of nitrogens with one attached hydrogen (secondary N) is 1. The van der Waals surface area contributed by atoms with Gasteiger partial charge < -0.3 is 10.1 Å². The van der Waals surface area contributed by atoms with Crippen molar-refractivity contribution in [2.45, 2.75) is 6.42 Å². The first-order chi connectivity index (χ1) is 7.69. The summed E-state index contributed by atoms with van der Waals surface area (Å²) in [5.74, 6) is 0.618. The van der Waals surface area contributed by atoms with Gasteiger partial charge in [0.15, 0.2) is 0 Å². The number of ether oxygens (including phenoxy) is 1. The third-order valence-corrected chi connectivity index (χ3v) is 2.67. The molecule has 3 nitrogen and oxygen atoms in total. The van der Waals surface area contributed by atoms with E-state index in [0.29, 0.717) is 17.9 Å². The molecule has 1 aromatic carbocycles. The highest BCUT2D eigenvalue weighted by Crippen LogP contribution is 2.25. The summed E-state index contributed by atoms with van der Waals surface area (Å²) in [5, 5.41) is 2.79. The number of carbonyl (C=O) groups is 1. The van der Waals surface area contributed by atoms with Gasteiger partial charge in [0, 0.05) is 12.1 Å². The lowest BCUT2D eigenvalue weighted by molar-refractivity contribution is 0.0954. The summed E-state index contributed by atoms with van der Waals surface area (Å²) in [7, 11) is 1.59. The van der Waals surface area contributed by atoms with Gasteiger partial charge in [-0.2, -0.15) is 0 Å². The van der Waals surface area contributed by atoms with Gasteiger partial charge in [0.25, 0.3) is 5.91 Å². The summed E-state index contributed by atoms with van der Waals surface area (Å²) < 4.78 is 5.86. The number of methoxy groups -OCH3 is 1. The Balaban J connectivity index is 2.69. The van der Waals surface area contributed by atoms with Gasteiger partial charge >= 0.3 is 0 Å². The van der Waals surface area contributed by atoms with Crippen LogP contribution in [0.1, 0.15) is 16.8 Å². The Morgan fingerprint density at radius 3 is 2.94 bits per heavy atom. The largest absolute Gasteiger partial charge is 0.496 e. The van der Waals surface area contributed by atoms with Crippen molar-refractivity contribution < 1.29 is 9.53 Å². The zero-order valence-electron chi connectivity index (χ0n) is 9.13. The second-order valence-electron chi connectivity index (χ2n) is 3.18. The van der Waals surface area contributed by atoms with E-state index in [2.05, 4.69) is 27.8 Å². The quantitative estimate of drug-likeness (QED) is 0.667. The number of amides is 1. The molecule has 0 saturated heterocycles. The number of carbonyl (C=O) groups excluding carboxylic acids is 1. The Morgan fingerprint density at radius 2 is 2.38 bits per heavy atom. The smallest absolute Gasteiger partial charge is 0.251 e. The molecule has 0 aliphatic carbocycles. The zero-order chi connectivity index (χ0) is 12.0. The second-order valence-corrected chi connectivity index (χ2v) is 4.04. The first kappa shape index (κ1) is 12.8. The summed E-state index contributed by atoms with van der Waals surface area (Å²) in [6, 6.07) is 5.22. The van der Waals surface area contributed by atoms with Crippen LogP contribution in [0.25, 0.3) is 0 Å². The highest BCUT2D eigenvalue weighted by atomic mass is 79.9. The van der Waals surface area contributed by atoms with Crippen molar-refractivity contribution in [3.05, 3.63) is 40.9 Å². The average Bonchev–Trinajstić information content (AvgIpc) is 2.29. The summed E-state index contributed by atoms with van der Waals surface area (Å²) in [5.41, 5.74) is 0.608.